The van der Waals surface area contributed by atoms with Crippen molar-refractivity contribution in [2.45, 2.75) is 38.5 Å². The number of ketones is 2. The smallest absolute Gasteiger partial charge is 0.138 e. The van der Waals surface area contributed by atoms with E-state index in [-0.39, 0.29) is 11.6 Å². The summed E-state index contributed by atoms with van der Waals surface area (Å²) in [5.74, 6) is 1.30. The fourth-order valence-electron chi connectivity index (χ4n) is 5.72. The lowest BCUT2D eigenvalue weighted by Crippen LogP contribution is -2.45. The molecule has 4 aromatic rings. The van der Waals surface area contributed by atoms with E-state index in [2.05, 4.69) is 58.2 Å². The number of aryl methyl sites for hydroxylation is 1. The highest BCUT2D eigenvalue weighted by Crippen LogP contribution is 2.28. The van der Waals surface area contributed by atoms with Crippen LogP contribution in [0, 0.1) is 0 Å². The lowest BCUT2D eigenvalue weighted by Gasteiger charge is -2.32. The fraction of sp³-hybridized carbons (Fsp3) is 0.342. The molecule has 228 valence electrons. The first-order chi connectivity index (χ1) is 21.5. The van der Waals surface area contributed by atoms with Crippen molar-refractivity contribution in [1.82, 2.24) is 14.8 Å². The molecule has 0 bridgehead atoms. The van der Waals surface area contributed by atoms with Gasteiger partial charge in [0.05, 0.1) is 6.61 Å². The zero-order valence-corrected chi connectivity index (χ0v) is 25.8. The third kappa shape index (κ3) is 9.43. The Bertz CT molecular complexity index is 1500. The number of aromatic nitrogens is 1. The van der Waals surface area contributed by atoms with Gasteiger partial charge < -0.3 is 14.5 Å². The third-order valence-corrected chi connectivity index (χ3v) is 8.40. The average Bonchev–Trinajstić information content (AvgIpc) is 3.05. The molecule has 1 aliphatic rings. The zero-order chi connectivity index (χ0) is 30.6. The number of hydrogen-bond acceptors (Lipinski definition) is 6. The molecule has 3 aromatic carbocycles. The Morgan fingerprint density at radius 2 is 1.39 bits per heavy atom. The Hall–Kier alpha value is -4.13. The molecule has 5 rings (SSSR count). The number of benzene rings is 3. The Balaban J connectivity index is 1.12. The number of Topliss-reactive ketones (excluding diaryl/α,β-unsaturated/α-hetero) is 2. The van der Waals surface area contributed by atoms with Gasteiger partial charge in [0.2, 0.25) is 0 Å². The Kier molecular flexibility index (Phi) is 11.4. The van der Waals surface area contributed by atoms with E-state index >= 15 is 0 Å². The molecule has 0 atom stereocenters. The van der Waals surface area contributed by atoms with Crippen LogP contribution in [0.4, 0.5) is 0 Å². The number of rotatable bonds is 15. The summed E-state index contributed by atoms with van der Waals surface area (Å²) in [6.45, 7) is 5.58. The standard InChI is InChI=1S/C38H43N3O3/c1-40-22-24-41(25-23-40)21-18-35(43)28-33-9-3-5-11-38(33)37-10-4-2-8-32(37)19-26-44-36-16-13-30(14-17-36)27-34(42)15-12-31-7-6-20-39-29-31/h2-11,13-14,16-17,20,29H,12,15,18-19,21-28H2,1H3. The maximum atomic E-state index is 13.0. The van der Waals surface area contributed by atoms with Crippen LogP contribution in [0.3, 0.4) is 0 Å². The molecule has 44 heavy (non-hydrogen) atoms. The molecule has 1 fully saturated rings. The van der Waals surface area contributed by atoms with E-state index in [9.17, 15) is 9.59 Å². The molecule has 0 N–H and O–H groups in total. The molecule has 1 saturated heterocycles. The van der Waals surface area contributed by atoms with Crippen LogP contribution in [0.5, 0.6) is 5.75 Å². The Morgan fingerprint density at radius 3 is 2.11 bits per heavy atom. The molecule has 0 spiro atoms. The van der Waals surface area contributed by atoms with Crippen LogP contribution in [0.25, 0.3) is 11.1 Å². The highest BCUT2D eigenvalue weighted by atomic mass is 16.5. The predicted octanol–water partition coefficient (Wildman–Crippen LogP) is 5.86. The van der Waals surface area contributed by atoms with E-state index in [1.165, 1.54) is 5.56 Å². The van der Waals surface area contributed by atoms with Gasteiger partial charge in [-0.05, 0) is 65.0 Å². The average molecular weight is 590 g/mol. The van der Waals surface area contributed by atoms with Gasteiger partial charge in [0.1, 0.15) is 17.3 Å². The van der Waals surface area contributed by atoms with Crippen molar-refractivity contribution in [3.63, 3.8) is 0 Å². The normalized spacial score (nSPS) is 13.9. The number of piperazine rings is 1. The van der Waals surface area contributed by atoms with Crippen molar-refractivity contribution in [3.8, 4) is 16.9 Å². The summed E-state index contributed by atoms with van der Waals surface area (Å²) in [6.07, 6.45) is 6.99. The van der Waals surface area contributed by atoms with Crippen molar-refractivity contribution in [2.24, 2.45) is 0 Å². The molecule has 0 saturated carbocycles. The first kappa shape index (κ1) is 31.3. The third-order valence-electron chi connectivity index (χ3n) is 8.40. The van der Waals surface area contributed by atoms with Crippen LogP contribution < -0.4 is 4.74 Å². The minimum absolute atomic E-state index is 0.219. The molecule has 6 heteroatoms. The van der Waals surface area contributed by atoms with Gasteiger partial charge in [0.15, 0.2) is 0 Å². The number of likely N-dealkylation sites (N-methyl/N-ethyl adjacent to an activating group) is 1. The van der Waals surface area contributed by atoms with Gasteiger partial charge in [0.25, 0.3) is 0 Å². The summed E-state index contributed by atoms with van der Waals surface area (Å²) in [6, 6.07) is 28.4. The lowest BCUT2D eigenvalue weighted by atomic mass is 9.91. The van der Waals surface area contributed by atoms with E-state index in [0.29, 0.717) is 38.7 Å². The van der Waals surface area contributed by atoms with Gasteiger partial charge in [-0.3, -0.25) is 14.6 Å². The monoisotopic (exact) mass is 589 g/mol. The Labute approximate surface area is 261 Å². The van der Waals surface area contributed by atoms with Crippen LogP contribution in [0.2, 0.25) is 0 Å². The number of carbonyl (C=O) groups is 2. The molecule has 0 amide bonds. The SMILES string of the molecule is CN1CCN(CCC(=O)Cc2ccccc2-c2ccccc2CCOc2ccc(CC(=O)CCc3cccnc3)cc2)CC1. The highest BCUT2D eigenvalue weighted by molar-refractivity contribution is 5.84. The largest absolute Gasteiger partial charge is 0.493 e. The molecule has 6 nitrogen and oxygen atoms in total. The van der Waals surface area contributed by atoms with Gasteiger partial charge in [0, 0.05) is 77.2 Å². The van der Waals surface area contributed by atoms with Gasteiger partial charge >= 0.3 is 0 Å². The highest BCUT2D eigenvalue weighted by Gasteiger charge is 2.16. The molecule has 0 radical (unpaired) electrons. The summed E-state index contributed by atoms with van der Waals surface area (Å²) >= 11 is 0. The van der Waals surface area contributed by atoms with Gasteiger partial charge in [-0.25, -0.2) is 0 Å². The number of pyridine rings is 1. The summed E-state index contributed by atoms with van der Waals surface area (Å²) in [7, 11) is 2.15. The molecule has 0 unspecified atom stereocenters. The topological polar surface area (TPSA) is 62.7 Å². The molecule has 0 aliphatic carbocycles. The molecular weight excluding hydrogens is 546 g/mol. The van der Waals surface area contributed by atoms with Crippen LogP contribution in [0.1, 0.15) is 35.1 Å². The first-order valence-electron chi connectivity index (χ1n) is 15.7. The lowest BCUT2D eigenvalue weighted by molar-refractivity contribution is -0.119. The van der Waals surface area contributed by atoms with E-state index in [0.717, 1.165) is 72.7 Å². The summed E-state index contributed by atoms with van der Waals surface area (Å²) in [5, 5.41) is 0. The van der Waals surface area contributed by atoms with Crippen LogP contribution >= 0.6 is 0 Å². The minimum Gasteiger partial charge on any atom is -0.493 e. The van der Waals surface area contributed by atoms with Crippen molar-refractivity contribution < 1.29 is 14.3 Å². The number of carbonyl (C=O) groups excluding carboxylic acids is 2. The first-order valence-corrected chi connectivity index (χ1v) is 15.7. The van der Waals surface area contributed by atoms with Crippen LogP contribution in [-0.4, -0.2) is 72.7 Å². The predicted molar refractivity (Wildman–Crippen MR) is 176 cm³/mol. The summed E-state index contributed by atoms with van der Waals surface area (Å²) in [4.78, 5) is 34.3. The maximum absolute atomic E-state index is 13.0. The number of ether oxygens (including phenoxy) is 1. The van der Waals surface area contributed by atoms with Crippen LogP contribution in [-0.2, 0) is 35.3 Å². The quantitative estimate of drug-likeness (QED) is 0.173. The zero-order valence-electron chi connectivity index (χ0n) is 25.8. The van der Waals surface area contributed by atoms with E-state index in [1.54, 1.807) is 6.20 Å². The second-order valence-corrected chi connectivity index (χ2v) is 11.7. The van der Waals surface area contributed by atoms with Crippen molar-refractivity contribution in [2.75, 3.05) is 46.4 Å². The second-order valence-electron chi connectivity index (χ2n) is 11.7. The van der Waals surface area contributed by atoms with Crippen molar-refractivity contribution in [1.29, 1.82) is 0 Å². The van der Waals surface area contributed by atoms with Crippen LogP contribution in [0.15, 0.2) is 97.3 Å². The van der Waals surface area contributed by atoms with E-state index in [1.807, 2.05) is 54.7 Å². The van der Waals surface area contributed by atoms with Gasteiger partial charge in [-0.15, -0.1) is 0 Å². The van der Waals surface area contributed by atoms with E-state index in [4.69, 9.17) is 4.74 Å². The minimum atomic E-state index is 0.219. The number of hydrogen-bond donors (Lipinski definition) is 0. The van der Waals surface area contributed by atoms with Gasteiger partial charge in [-0.2, -0.15) is 0 Å². The maximum Gasteiger partial charge on any atom is 0.138 e. The number of nitrogens with zero attached hydrogens (tertiary/aromatic N) is 3. The summed E-state index contributed by atoms with van der Waals surface area (Å²) in [5.41, 5.74) is 6.62. The van der Waals surface area contributed by atoms with Crippen molar-refractivity contribution >= 4 is 11.6 Å². The van der Waals surface area contributed by atoms with E-state index < -0.39 is 0 Å². The fourth-order valence-corrected chi connectivity index (χ4v) is 5.72. The molecule has 1 aliphatic heterocycles. The second kappa shape index (κ2) is 16.1. The molecule has 1 aromatic heterocycles. The van der Waals surface area contributed by atoms with Gasteiger partial charge in [-0.1, -0.05) is 66.7 Å². The summed E-state index contributed by atoms with van der Waals surface area (Å²) < 4.78 is 6.10. The molecular formula is C38H43N3O3. The Morgan fingerprint density at radius 1 is 0.705 bits per heavy atom. The van der Waals surface area contributed by atoms with Crippen molar-refractivity contribution in [3.05, 3.63) is 120 Å². The molecule has 2 heterocycles.